The van der Waals surface area contributed by atoms with Crippen molar-refractivity contribution in [3.63, 3.8) is 0 Å². The van der Waals surface area contributed by atoms with E-state index in [9.17, 15) is 9.90 Å². The van der Waals surface area contributed by atoms with Gasteiger partial charge in [-0.25, -0.2) is 0 Å². The summed E-state index contributed by atoms with van der Waals surface area (Å²) in [4.78, 5) is 12.6. The van der Waals surface area contributed by atoms with Gasteiger partial charge in [-0.15, -0.1) is 11.3 Å². The molecule has 1 aromatic heterocycles. The standard InChI is InChI=1S/C15H17NO2S/c1-2-11-5-7-12(8-6-11)13(10-17)16-15(18)14-4-3-9-19-14/h3-9,13,17H,2,10H2,1H3,(H,16,18). The number of aliphatic hydroxyl groups excluding tert-OH is 1. The molecule has 4 heteroatoms. The SMILES string of the molecule is CCc1ccc(C(CO)NC(=O)c2cccs2)cc1. The van der Waals surface area contributed by atoms with Crippen LogP contribution in [0.25, 0.3) is 0 Å². The normalized spacial score (nSPS) is 12.1. The second-order valence-corrected chi connectivity index (χ2v) is 5.23. The second kappa shape index (κ2) is 6.50. The smallest absolute Gasteiger partial charge is 0.261 e. The van der Waals surface area contributed by atoms with Crippen LogP contribution in [0.2, 0.25) is 0 Å². The van der Waals surface area contributed by atoms with E-state index in [2.05, 4.69) is 12.2 Å². The van der Waals surface area contributed by atoms with Crippen LogP contribution in [-0.4, -0.2) is 17.6 Å². The van der Waals surface area contributed by atoms with Gasteiger partial charge in [0.15, 0.2) is 0 Å². The van der Waals surface area contributed by atoms with Gasteiger partial charge >= 0.3 is 0 Å². The molecule has 100 valence electrons. The average molecular weight is 275 g/mol. The Bertz CT molecular complexity index is 520. The van der Waals surface area contributed by atoms with Crippen molar-refractivity contribution in [1.29, 1.82) is 0 Å². The lowest BCUT2D eigenvalue weighted by Gasteiger charge is -2.16. The lowest BCUT2D eigenvalue weighted by atomic mass is 10.0. The highest BCUT2D eigenvalue weighted by atomic mass is 32.1. The topological polar surface area (TPSA) is 49.3 Å². The maximum absolute atomic E-state index is 12.0. The molecule has 1 atom stereocenters. The van der Waals surface area contributed by atoms with Gasteiger partial charge in [-0.3, -0.25) is 4.79 Å². The van der Waals surface area contributed by atoms with Crippen molar-refractivity contribution in [2.24, 2.45) is 0 Å². The van der Waals surface area contributed by atoms with Crippen LogP contribution in [-0.2, 0) is 6.42 Å². The number of thiophene rings is 1. The van der Waals surface area contributed by atoms with Crippen molar-refractivity contribution in [3.8, 4) is 0 Å². The number of carbonyl (C=O) groups is 1. The van der Waals surface area contributed by atoms with Crippen molar-refractivity contribution >= 4 is 17.2 Å². The predicted octanol–water partition coefficient (Wildman–Crippen LogP) is 2.77. The number of nitrogens with one attached hydrogen (secondary N) is 1. The summed E-state index contributed by atoms with van der Waals surface area (Å²) in [5.74, 6) is -0.145. The first-order chi connectivity index (χ1) is 9.24. The van der Waals surface area contributed by atoms with Gasteiger partial charge in [0, 0.05) is 0 Å². The molecule has 1 unspecified atom stereocenters. The molecular formula is C15H17NO2S. The zero-order valence-corrected chi connectivity index (χ0v) is 11.6. The summed E-state index contributed by atoms with van der Waals surface area (Å²) < 4.78 is 0. The molecule has 0 radical (unpaired) electrons. The number of hydrogen-bond acceptors (Lipinski definition) is 3. The highest BCUT2D eigenvalue weighted by Crippen LogP contribution is 2.16. The van der Waals surface area contributed by atoms with E-state index in [4.69, 9.17) is 0 Å². The van der Waals surface area contributed by atoms with Gasteiger partial charge in [-0.1, -0.05) is 37.3 Å². The fourth-order valence-electron chi connectivity index (χ4n) is 1.86. The molecule has 1 amide bonds. The molecule has 0 bridgehead atoms. The Kier molecular flexibility index (Phi) is 4.71. The Morgan fingerprint density at radius 2 is 2.05 bits per heavy atom. The number of benzene rings is 1. The molecule has 2 N–H and O–H groups in total. The Morgan fingerprint density at radius 3 is 2.58 bits per heavy atom. The van der Waals surface area contributed by atoms with Crippen LogP contribution in [0.15, 0.2) is 41.8 Å². The van der Waals surface area contributed by atoms with Gasteiger partial charge in [-0.05, 0) is 29.0 Å². The molecule has 0 aliphatic heterocycles. The molecule has 1 aromatic carbocycles. The number of amides is 1. The monoisotopic (exact) mass is 275 g/mol. The van der Waals surface area contributed by atoms with Gasteiger partial charge in [0.05, 0.1) is 17.5 Å². The second-order valence-electron chi connectivity index (χ2n) is 4.28. The number of aliphatic hydroxyl groups is 1. The van der Waals surface area contributed by atoms with Crippen LogP contribution in [0.3, 0.4) is 0 Å². The Balaban J connectivity index is 2.09. The van der Waals surface area contributed by atoms with E-state index >= 15 is 0 Å². The van der Waals surface area contributed by atoms with Crippen LogP contribution in [0.4, 0.5) is 0 Å². The third-order valence-corrected chi connectivity index (χ3v) is 3.89. The fourth-order valence-corrected chi connectivity index (χ4v) is 2.48. The van der Waals surface area contributed by atoms with Gasteiger partial charge in [0.2, 0.25) is 0 Å². The van der Waals surface area contributed by atoms with Crippen molar-refractivity contribution in [1.82, 2.24) is 5.32 Å². The predicted molar refractivity (Wildman–Crippen MR) is 77.4 cm³/mol. The van der Waals surface area contributed by atoms with E-state index in [0.29, 0.717) is 4.88 Å². The van der Waals surface area contributed by atoms with Crippen molar-refractivity contribution in [2.75, 3.05) is 6.61 Å². The van der Waals surface area contributed by atoms with E-state index in [0.717, 1.165) is 12.0 Å². The number of carbonyl (C=O) groups excluding carboxylic acids is 1. The molecule has 0 aliphatic rings. The van der Waals surface area contributed by atoms with Crippen LogP contribution in [0.1, 0.15) is 33.8 Å². The van der Waals surface area contributed by atoms with Crippen LogP contribution >= 0.6 is 11.3 Å². The first-order valence-electron chi connectivity index (χ1n) is 6.28. The van der Waals surface area contributed by atoms with Crippen molar-refractivity contribution in [3.05, 3.63) is 57.8 Å². The van der Waals surface area contributed by atoms with E-state index in [-0.39, 0.29) is 18.6 Å². The minimum atomic E-state index is -0.361. The molecule has 0 aliphatic carbocycles. The summed E-state index contributed by atoms with van der Waals surface area (Å²) in [6.07, 6.45) is 0.978. The zero-order chi connectivity index (χ0) is 13.7. The minimum absolute atomic E-state index is 0.109. The first kappa shape index (κ1) is 13.8. The quantitative estimate of drug-likeness (QED) is 0.881. The van der Waals surface area contributed by atoms with Crippen LogP contribution in [0, 0.1) is 0 Å². The maximum Gasteiger partial charge on any atom is 0.261 e. The van der Waals surface area contributed by atoms with E-state index in [1.54, 1.807) is 6.07 Å². The van der Waals surface area contributed by atoms with E-state index in [1.165, 1.54) is 16.9 Å². The third-order valence-electron chi connectivity index (χ3n) is 3.02. The largest absolute Gasteiger partial charge is 0.394 e. The van der Waals surface area contributed by atoms with Crippen LogP contribution < -0.4 is 5.32 Å². The van der Waals surface area contributed by atoms with Gasteiger partial charge in [0.1, 0.15) is 0 Å². The molecule has 2 aromatic rings. The Hall–Kier alpha value is -1.65. The summed E-state index contributed by atoms with van der Waals surface area (Å²) in [5, 5.41) is 14.1. The molecule has 2 rings (SSSR count). The van der Waals surface area contributed by atoms with Gasteiger partial charge in [0.25, 0.3) is 5.91 Å². The summed E-state index contributed by atoms with van der Waals surface area (Å²) in [7, 11) is 0. The Morgan fingerprint density at radius 1 is 1.32 bits per heavy atom. The maximum atomic E-state index is 12.0. The molecule has 1 heterocycles. The number of rotatable bonds is 5. The van der Waals surface area contributed by atoms with Crippen molar-refractivity contribution < 1.29 is 9.90 Å². The minimum Gasteiger partial charge on any atom is -0.394 e. The fraction of sp³-hybridized carbons (Fsp3) is 0.267. The average Bonchev–Trinajstić information content (AvgIpc) is 2.99. The summed E-state index contributed by atoms with van der Waals surface area (Å²) in [6.45, 7) is 1.99. The molecular weight excluding hydrogens is 258 g/mol. The molecule has 0 saturated heterocycles. The highest BCUT2D eigenvalue weighted by molar-refractivity contribution is 7.12. The molecule has 0 spiro atoms. The number of hydrogen-bond donors (Lipinski definition) is 2. The zero-order valence-electron chi connectivity index (χ0n) is 10.8. The van der Waals surface area contributed by atoms with E-state index in [1.807, 2.05) is 35.7 Å². The lowest BCUT2D eigenvalue weighted by Crippen LogP contribution is -2.30. The highest BCUT2D eigenvalue weighted by Gasteiger charge is 2.15. The molecule has 19 heavy (non-hydrogen) atoms. The van der Waals surface area contributed by atoms with Gasteiger partial charge < -0.3 is 10.4 Å². The summed E-state index contributed by atoms with van der Waals surface area (Å²) in [5.41, 5.74) is 2.16. The lowest BCUT2D eigenvalue weighted by molar-refractivity contribution is 0.0920. The van der Waals surface area contributed by atoms with E-state index < -0.39 is 0 Å². The Labute approximate surface area is 116 Å². The number of aryl methyl sites for hydroxylation is 1. The summed E-state index contributed by atoms with van der Waals surface area (Å²) in [6, 6.07) is 11.2. The third kappa shape index (κ3) is 3.43. The first-order valence-corrected chi connectivity index (χ1v) is 7.16. The van der Waals surface area contributed by atoms with Crippen molar-refractivity contribution in [2.45, 2.75) is 19.4 Å². The summed E-state index contributed by atoms with van der Waals surface area (Å²) >= 11 is 1.39. The van der Waals surface area contributed by atoms with Gasteiger partial charge in [-0.2, -0.15) is 0 Å². The molecule has 0 saturated carbocycles. The van der Waals surface area contributed by atoms with Crippen LogP contribution in [0.5, 0.6) is 0 Å². The molecule has 0 fully saturated rings. The molecule has 3 nitrogen and oxygen atoms in total.